The molecule has 1 aromatic carbocycles. The summed E-state index contributed by atoms with van der Waals surface area (Å²) in [4.78, 5) is 12.4. The SMILES string of the molecule is CCCOc1nc(Cl)nc(-c2ccc3c(c2)CCO3)n1. The van der Waals surface area contributed by atoms with Gasteiger partial charge in [-0.2, -0.15) is 15.0 Å². The van der Waals surface area contributed by atoms with Gasteiger partial charge in [-0.05, 0) is 41.8 Å². The number of hydrogen-bond acceptors (Lipinski definition) is 5. The van der Waals surface area contributed by atoms with E-state index in [1.165, 1.54) is 0 Å². The average Bonchev–Trinajstić information content (AvgIpc) is 2.92. The van der Waals surface area contributed by atoms with E-state index >= 15 is 0 Å². The van der Waals surface area contributed by atoms with Crippen molar-refractivity contribution in [2.45, 2.75) is 19.8 Å². The van der Waals surface area contributed by atoms with Gasteiger partial charge in [0.15, 0.2) is 5.82 Å². The number of benzene rings is 1. The predicted molar refractivity (Wildman–Crippen MR) is 75.3 cm³/mol. The molecule has 0 amide bonds. The first-order valence-corrected chi connectivity index (χ1v) is 6.94. The van der Waals surface area contributed by atoms with Gasteiger partial charge >= 0.3 is 6.01 Å². The van der Waals surface area contributed by atoms with Crippen molar-refractivity contribution in [3.8, 4) is 23.1 Å². The number of halogens is 1. The van der Waals surface area contributed by atoms with Crippen LogP contribution >= 0.6 is 11.6 Å². The van der Waals surface area contributed by atoms with Crippen molar-refractivity contribution in [3.05, 3.63) is 29.0 Å². The summed E-state index contributed by atoms with van der Waals surface area (Å²) < 4.78 is 10.9. The van der Waals surface area contributed by atoms with E-state index in [1.54, 1.807) is 0 Å². The highest BCUT2D eigenvalue weighted by atomic mass is 35.5. The molecule has 1 aromatic heterocycles. The Morgan fingerprint density at radius 2 is 2.20 bits per heavy atom. The molecule has 1 aliphatic rings. The molecule has 0 bridgehead atoms. The van der Waals surface area contributed by atoms with E-state index in [1.807, 2.05) is 25.1 Å². The van der Waals surface area contributed by atoms with Crippen LogP contribution in [0.5, 0.6) is 11.8 Å². The molecular weight excluding hydrogens is 278 g/mol. The van der Waals surface area contributed by atoms with Crippen molar-refractivity contribution in [3.63, 3.8) is 0 Å². The highest BCUT2D eigenvalue weighted by molar-refractivity contribution is 6.28. The molecule has 20 heavy (non-hydrogen) atoms. The van der Waals surface area contributed by atoms with Crippen LogP contribution < -0.4 is 9.47 Å². The average molecular weight is 292 g/mol. The molecule has 0 atom stereocenters. The Kier molecular flexibility index (Phi) is 3.69. The van der Waals surface area contributed by atoms with Gasteiger partial charge < -0.3 is 9.47 Å². The van der Waals surface area contributed by atoms with Crippen LogP contribution in [0.4, 0.5) is 0 Å². The van der Waals surface area contributed by atoms with Crippen LogP contribution in [0.15, 0.2) is 18.2 Å². The molecule has 0 N–H and O–H groups in total. The quantitative estimate of drug-likeness (QED) is 0.867. The number of rotatable bonds is 4. The zero-order chi connectivity index (χ0) is 13.9. The fraction of sp³-hybridized carbons (Fsp3) is 0.357. The molecule has 0 saturated heterocycles. The molecule has 2 heterocycles. The van der Waals surface area contributed by atoms with E-state index in [0.29, 0.717) is 12.4 Å². The van der Waals surface area contributed by atoms with Crippen molar-refractivity contribution in [1.82, 2.24) is 15.0 Å². The monoisotopic (exact) mass is 291 g/mol. The van der Waals surface area contributed by atoms with Gasteiger partial charge in [0.25, 0.3) is 0 Å². The largest absolute Gasteiger partial charge is 0.493 e. The third-order valence-corrected chi connectivity index (χ3v) is 3.14. The van der Waals surface area contributed by atoms with E-state index < -0.39 is 0 Å². The van der Waals surface area contributed by atoms with Crippen LogP contribution in [0.3, 0.4) is 0 Å². The lowest BCUT2D eigenvalue weighted by Crippen LogP contribution is -2.03. The number of fused-ring (bicyclic) bond motifs is 1. The normalized spacial score (nSPS) is 12.9. The molecule has 6 heteroatoms. The summed E-state index contributed by atoms with van der Waals surface area (Å²) in [5.74, 6) is 1.45. The van der Waals surface area contributed by atoms with E-state index in [0.717, 1.165) is 36.3 Å². The van der Waals surface area contributed by atoms with Gasteiger partial charge in [-0.15, -0.1) is 0 Å². The zero-order valence-corrected chi connectivity index (χ0v) is 11.9. The minimum atomic E-state index is 0.137. The van der Waals surface area contributed by atoms with Crippen LogP contribution in [0.1, 0.15) is 18.9 Å². The Balaban J connectivity index is 1.94. The highest BCUT2D eigenvalue weighted by Crippen LogP contribution is 2.29. The van der Waals surface area contributed by atoms with Gasteiger partial charge in [0.05, 0.1) is 13.2 Å². The Bertz CT molecular complexity index is 634. The van der Waals surface area contributed by atoms with Gasteiger partial charge in [-0.25, -0.2) is 0 Å². The molecule has 0 radical (unpaired) electrons. The second kappa shape index (κ2) is 5.63. The van der Waals surface area contributed by atoms with Crippen molar-refractivity contribution in [1.29, 1.82) is 0 Å². The smallest absolute Gasteiger partial charge is 0.321 e. The van der Waals surface area contributed by atoms with Crippen LogP contribution in [0.2, 0.25) is 5.28 Å². The van der Waals surface area contributed by atoms with Crippen LogP contribution in [-0.4, -0.2) is 28.2 Å². The summed E-state index contributed by atoms with van der Waals surface area (Å²) in [5, 5.41) is 0.137. The first-order chi connectivity index (χ1) is 9.76. The minimum absolute atomic E-state index is 0.137. The second-order valence-electron chi connectivity index (χ2n) is 4.48. The van der Waals surface area contributed by atoms with Gasteiger partial charge in [-0.1, -0.05) is 6.92 Å². The lowest BCUT2D eigenvalue weighted by atomic mass is 10.1. The molecule has 0 aliphatic carbocycles. The van der Waals surface area contributed by atoms with Crippen LogP contribution in [0.25, 0.3) is 11.4 Å². The Morgan fingerprint density at radius 3 is 3.05 bits per heavy atom. The van der Waals surface area contributed by atoms with Crippen molar-refractivity contribution < 1.29 is 9.47 Å². The summed E-state index contributed by atoms with van der Waals surface area (Å²) in [7, 11) is 0. The third-order valence-electron chi connectivity index (χ3n) is 2.97. The molecule has 0 fully saturated rings. The molecular formula is C14H14ClN3O2. The Labute approximate surface area is 121 Å². The maximum atomic E-state index is 5.93. The Morgan fingerprint density at radius 1 is 1.30 bits per heavy atom. The molecule has 1 aliphatic heterocycles. The second-order valence-corrected chi connectivity index (χ2v) is 4.82. The summed E-state index contributed by atoms with van der Waals surface area (Å²) in [6.07, 6.45) is 1.79. The first kappa shape index (κ1) is 13.1. The Hall–Kier alpha value is -1.88. The summed E-state index contributed by atoms with van der Waals surface area (Å²) in [5.41, 5.74) is 2.05. The van der Waals surface area contributed by atoms with Crippen LogP contribution in [0, 0.1) is 0 Å². The van der Waals surface area contributed by atoms with Gasteiger partial charge in [0, 0.05) is 12.0 Å². The summed E-state index contributed by atoms with van der Waals surface area (Å²) >= 11 is 5.93. The highest BCUT2D eigenvalue weighted by Gasteiger charge is 2.15. The number of aromatic nitrogens is 3. The van der Waals surface area contributed by atoms with Crippen molar-refractivity contribution in [2.24, 2.45) is 0 Å². The summed E-state index contributed by atoms with van der Waals surface area (Å²) in [6.45, 7) is 3.30. The number of ether oxygens (including phenoxy) is 2. The fourth-order valence-electron chi connectivity index (χ4n) is 2.04. The van der Waals surface area contributed by atoms with Crippen LogP contribution in [-0.2, 0) is 6.42 Å². The van der Waals surface area contributed by atoms with E-state index in [4.69, 9.17) is 21.1 Å². The molecule has 0 spiro atoms. The number of nitrogens with zero attached hydrogens (tertiary/aromatic N) is 3. The zero-order valence-electron chi connectivity index (χ0n) is 11.1. The maximum Gasteiger partial charge on any atom is 0.321 e. The molecule has 0 saturated carbocycles. The molecule has 2 aromatic rings. The standard InChI is InChI=1S/C14H14ClN3O2/c1-2-6-20-14-17-12(16-13(15)18-14)10-3-4-11-9(8-10)5-7-19-11/h3-4,8H,2,5-7H2,1H3. The van der Waals surface area contributed by atoms with E-state index in [-0.39, 0.29) is 11.3 Å². The van der Waals surface area contributed by atoms with Gasteiger partial charge in [0.2, 0.25) is 5.28 Å². The lowest BCUT2D eigenvalue weighted by molar-refractivity contribution is 0.291. The maximum absolute atomic E-state index is 5.93. The topological polar surface area (TPSA) is 57.1 Å². The van der Waals surface area contributed by atoms with Crippen molar-refractivity contribution in [2.75, 3.05) is 13.2 Å². The molecule has 104 valence electrons. The fourth-order valence-corrected chi connectivity index (χ4v) is 2.20. The first-order valence-electron chi connectivity index (χ1n) is 6.56. The summed E-state index contributed by atoms with van der Waals surface area (Å²) in [6, 6.07) is 6.14. The predicted octanol–water partition coefficient (Wildman–Crippen LogP) is 2.92. The van der Waals surface area contributed by atoms with Crippen molar-refractivity contribution >= 4 is 11.6 Å². The minimum Gasteiger partial charge on any atom is -0.493 e. The molecule has 3 rings (SSSR count). The van der Waals surface area contributed by atoms with E-state index in [2.05, 4.69) is 15.0 Å². The molecule has 0 unspecified atom stereocenters. The third kappa shape index (κ3) is 2.67. The van der Waals surface area contributed by atoms with Gasteiger partial charge in [-0.3, -0.25) is 0 Å². The van der Waals surface area contributed by atoms with Gasteiger partial charge in [0.1, 0.15) is 5.75 Å². The molecule has 5 nitrogen and oxygen atoms in total. The lowest BCUT2D eigenvalue weighted by Gasteiger charge is -2.06. The van der Waals surface area contributed by atoms with E-state index in [9.17, 15) is 0 Å². The number of hydrogen-bond donors (Lipinski definition) is 0.